The predicted octanol–water partition coefficient (Wildman–Crippen LogP) is 8.44. The fourth-order valence-electron chi connectivity index (χ4n) is 6.06. The number of rotatable bonds is 34. The zero-order valence-electron chi connectivity index (χ0n) is 27.8. The van der Waals surface area contributed by atoms with E-state index in [0.717, 1.165) is 12.8 Å². The SMILES string of the molecule is CCCCCCCCCCCCCCCCCCCCC/C=C/C[N+](CCCC(=O)[O-])(CCCC(=O)O)CCCC(=O)O. The highest BCUT2D eigenvalue weighted by molar-refractivity contribution is 5.66. The summed E-state index contributed by atoms with van der Waals surface area (Å²) in [5, 5.41) is 29.1. The number of carbonyl (C=O) groups excluding carboxylic acids is 1. The third kappa shape index (κ3) is 29.9. The minimum atomic E-state index is -1.09. The molecule has 0 saturated heterocycles. The Morgan fingerprint density at radius 3 is 1.21 bits per heavy atom. The standard InChI is InChI=1S/C36H67NO6/c1-2-3-4-5-6-7-8-9-10-11-12-13-14-15-16-17-18-19-20-21-22-23-30-37(31-24-27-34(38)39,32-25-28-35(40)41)33-26-29-36(42)43/h22-23H,2-21,24-33H2,1H3,(H2-,38,39,40,41,42,43)/b23-22+. The number of hydrogen-bond acceptors (Lipinski definition) is 4. The van der Waals surface area contributed by atoms with E-state index < -0.39 is 17.9 Å². The van der Waals surface area contributed by atoms with Crippen LogP contribution in [-0.4, -0.2) is 58.8 Å². The van der Waals surface area contributed by atoms with Crippen LogP contribution in [0.5, 0.6) is 0 Å². The number of unbranched alkanes of at least 4 members (excludes halogenated alkanes) is 19. The van der Waals surface area contributed by atoms with E-state index in [-0.39, 0.29) is 19.3 Å². The van der Waals surface area contributed by atoms with Gasteiger partial charge in [-0.15, -0.1) is 0 Å². The molecule has 0 aliphatic heterocycles. The summed E-state index contributed by atoms with van der Waals surface area (Å²) in [6, 6.07) is 0. The van der Waals surface area contributed by atoms with Crippen LogP contribution in [0.3, 0.4) is 0 Å². The lowest BCUT2D eigenvalue weighted by Crippen LogP contribution is -2.50. The third-order valence-electron chi connectivity index (χ3n) is 8.69. The molecule has 0 saturated carbocycles. The first-order valence-corrected chi connectivity index (χ1v) is 17.9. The summed E-state index contributed by atoms with van der Waals surface area (Å²) < 4.78 is 0.531. The van der Waals surface area contributed by atoms with Crippen LogP contribution in [0.1, 0.15) is 174 Å². The molecule has 2 N–H and O–H groups in total. The second-order valence-corrected chi connectivity index (χ2v) is 12.8. The molecule has 0 radical (unpaired) electrons. The van der Waals surface area contributed by atoms with Crippen LogP contribution in [0.25, 0.3) is 0 Å². The van der Waals surface area contributed by atoms with Crippen molar-refractivity contribution in [3.8, 4) is 0 Å². The highest BCUT2D eigenvalue weighted by atomic mass is 16.4. The number of carboxylic acid groups (broad SMARTS) is 3. The van der Waals surface area contributed by atoms with E-state index in [1.54, 1.807) is 0 Å². The van der Waals surface area contributed by atoms with Gasteiger partial charge in [0.25, 0.3) is 0 Å². The average molecular weight is 610 g/mol. The van der Waals surface area contributed by atoms with Gasteiger partial charge in [-0.1, -0.05) is 129 Å². The maximum Gasteiger partial charge on any atom is 0.303 e. The smallest absolute Gasteiger partial charge is 0.303 e. The second kappa shape index (κ2) is 30.1. The average Bonchev–Trinajstić information content (AvgIpc) is 2.95. The first-order chi connectivity index (χ1) is 20.8. The molecule has 0 aliphatic carbocycles. The van der Waals surface area contributed by atoms with Crippen molar-refractivity contribution < 1.29 is 34.2 Å². The van der Waals surface area contributed by atoms with Gasteiger partial charge in [0.15, 0.2) is 0 Å². The Bertz CT molecular complexity index is 658. The van der Waals surface area contributed by atoms with Gasteiger partial charge >= 0.3 is 11.9 Å². The van der Waals surface area contributed by atoms with E-state index in [4.69, 9.17) is 10.2 Å². The van der Waals surface area contributed by atoms with Gasteiger partial charge in [-0.25, -0.2) is 0 Å². The summed E-state index contributed by atoms with van der Waals surface area (Å²) in [4.78, 5) is 33.1. The monoisotopic (exact) mass is 609 g/mol. The predicted molar refractivity (Wildman–Crippen MR) is 175 cm³/mol. The van der Waals surface area contributed by atoms with Crippen molar-refractivity contribution in [2.45, 2.75) is 174 Å². The summed E-state index contributed by atoms with van der Waals surface area (Å²) in [6.07, 6.45) is 32.8. The van der Waals surface area contributed by atoms with Crippen molar-refractivity contribution in [2.75, 3.05) is 26.2 Å². The van der Waals surface area contributed by atoms with E-state index in [9.17, 15) is 19.5 Å². The largest absolute Gasteiger partial charge is 0.550 e. The molecule has 0 rings (SSSR count). The molecule has 252 valence electrons. The van der Waals surface area contributed by atoms with Crippen LogP contribution in [0.2, 0.25) is 0 Å². The molecule has 0 aromatic rings. The molecule has 0 unspecified atom stereocenters. The quantitative estimate of drug-likeness (QED) is 0.0430. The molecule has 0 aromatic carbocycles. The Kier molecular flexibility index (Phi) is 28.8. The summed E-state index contributed by atoms with van der Waals surface area (Å²) in [5.41, 5.74) is 0. The topological polar surface area (TPSA) is 115 Å². The molecule has 0 amide bonds. The first-order valence-electron chi connectivity index (χ1n) is 17.9. The molecule has 43 heavy (non-hydrogen) atoms. The molecular weight excluding hydrogens is 542 g/mol. The van der Waals surface area contributed by atoms with Crippen LogP contribution in [-0.2, 0) is 14.4 Å². The van der Waals surface area contributed by atoms with Crippen molar-refractivity contribution in [3.63, 3.8) is 0 Å². The van der Waals surface area contributed by atoms with Gasteiger partial charge in [0, 0.05) is 25.2 Å². The molecule has 7 nitrogen and oxygen atoms in total. The molecule has 0 fully saturated rings. The van der Waals surface area contributed by atoms with Crippen LogP contribution >= 0.6 is 0 Å². The molecule has 0 aromatic heterocycles. The number of carboxylic acids is 3. The van der Waals surface area contributed by atoms with Crippen molar-refractivity contribution in [2.24, 2.45) is 0 Å². The van der Waals surface area contributed by atoms with E-state index >= 15 is 0 Å². The van der Waals surface area contributed by atoms with Crippen molar-refractivity contribution in [1.29, 1.82) is 0 Å². The summed E-state index contributed by atoms with van der Waals surface area (Å²) in [5.74, 6) is -2.79. The number of quaternary nitrogens is 1. The highest BCUT2D eigenvalue weighted by Gasteiger charge is 2.26. The van der Waals surface area contributed by atoms with Gasteiger partial charge in [-0.3, -0.25) is 9.59 Å². The minimum Gasteiger partial charge on any atom is -0.550 e. The zero-order valence-corrected chi connectivity index (χ0v) is 27.8. The fraction of sp³-hybridized carbons (Fsp3) is 0.861. The van der Waals surface area contributed by atoms with Gasteiger partial charge in [0.2, 0.25) is 0 Å². The normalized spacial score (nSPS) is 11.8. The molecule has 0 heterocycles. The van der Waals surface area contributed by atoms with Crippen LogP contribution in [0.15, 0.2) is 12.2 Å². The van der Waals surface area contributed by atoms with E-state index in [1.165, 1.54) is 116 Å². The maximum absolute atomic E-state index is 11.1. The highest BCUT2D eigenvalue weighted by Crippen LogP contribution is 2.17. The van der Waals surface area contributed by atoms with Crippen molar-refractivity contribution >= 4 is 17.9 Å². The number of hydrogen-bond donors (Lipinski definition) is 2. The second-order valence-electron chi connectivity index (χ2n) is 12.8. The van der Waals surface area contributed by atoms with Crippen molar-refractivity contribution in [1.82, 2.24) is 0 Å². The molecule has 0 atom stereocenters. The molecular formula is C36H67NO6. The summed E-state index contributed by atoms with van der Waals surface area (Å²) >= 11 is 0. The van der Waals surface area contributed by atoms with Crippen molar-refractivity contribution in [3.05, 3.63) is 12.2 Å². The first kappa shape index (κ1) is 41.1. The molecule has 7 heteroatoms. The van der Waals surface area contributed by atoms with Gasteiger partial charge in [-0.2, -0.15) is 0 Å². The Morgan fingerprint density at radius 1 is 0.512 bits per heavy atom. The van der Waals surface area contributed by atoms with Gasteiger partial charge < -0.3 is 24.6 Å². The Balaban J connectivity index is 4.05. The summed E-state index contributed by atoms with van der Waals surface area (Å²) in [7, 11) is 0. The lowest BCUT2D eigenvalue weighted by molar-refractivity contribution is -0.923. The van der Waals surface area contributed by atoms with Crippen LogP contribution < -0.4 is 5.11 Å². The van der Waals surface area contributed by atoms with Crippen LogP contribution in [0, 0.1) is 0 Å². The van der Waals surface area contributed by atoms with Crippen LogP contribution in [0.4, 0.5) is 0 Å². The number of nitrogens with zero attached hydrogens (tertiary/aromatic N) is 1. The number of carbonyl (C=O) groups is 3. The Morgan fingerprint density at radius 2 is 0.860 bits per heavy atom. The maximum atomic E-state index is 11.1. The lowest BCUT2D eigenvalue weighted by atomic mass is 10.0. The number of aliphatic carboxylic acids is 3. The lowest BCUT2D eigenvalue weighted by Gasteiger charge is -2.38. The van der Waals surface area contributed by atoms with Gasteiger partial charge in [0.05, 0.1) is 39.0 Å². The van der Waals surface area contributed by atoms with Gasteiger partial charge in [0.1, 0.15) is 0 Å². The molecule has 0 bridgehead atoms. The molecule has 0 aliphatic rings. The van der Waals surface area contributed by atoms with E-state index in [0.29, 0.717) is 49.9 Å². The number of allylic oxidation sites excluding steroid dienone is 1. The molecule has 0 spiro atoms. The Hall–Kier alpha value is -1.89. The Labute approximate surface area is 264 Å². The van der Waals surface area contributed by atoms with E-state index in [2.05, 4.69) is 19.1 Å². The third-order valence-corrected chi connectivity index (χ3v) is 8.69. The van der Waals surface area contributed by atoms with E-state index in [1.807, 2.05) is 0 Å². The van der Waals surface area contributed by atoms with Gasteiger partial charge in [-0.05, 0) is 25.3 Å². The fourth-order valence-corrected chi connectivity index (χ4v) is 6.06. The summed E-state index contributed by atoms with van der Waals surface area (Å²) in [6.45, 7) is 4.73. The minimum absolute atomic E-state index is 0.0407. The zero-order chi connectivity index (χ0) is 31.9.